The maximum Gasteiger partial charge on any atom is 0.262 e. The van der Waals surface area contributed by atoms with E-state index in [4.69, 9.17) is 9.94 Å². The third kappa shape index (κ3) is 4.32. The predicted molar refractivity (Wildman–Crippen MR) is 101 cm³/mol. The number of ether oxygens (including phenoxy) is 1. The van der Waals surface area contributed by atoms with Crippen molar-refractivity contribution in [2.75, 3.05) is 7.05 Å². The van der Waals surface area contributed by atoms with E-state index in [0.717, 1.165) is 30.0 Å². The number of pyridine rings is 1. The standard InChI is InChI=1S/C19H23N3O5S/c1-22(18(19(23)21-24)14-4-2-3-5-14)28(25,26)17-8-6-15(7-9-17)27-16-10-12-20-13-11-16/h6-14,18,24H,2-5H2,1H3,(H,21,23). The first-order valence-corrected chi connectivity index (χ1v) is 10.5. The highest BCUT2D eigenvalue weighted by atomic mass is 32.2. The van der Waals surface area contributed by atoms with E-state index < -0.39 is 22.0 Å². The van der Waals surface area contributed by atoms with Crippen LogP contribution in [0, 0.1) is 5.92 Å². The molecule has 0 spiro atoms. The zero-order valence-electron chi connectivity index (χ0n) is 15.5. The quantitative estimate of drug-likeness (QED) is 0.541. The number of likely N-dealkylation sites (N-methyl/N-ethyl adjacent to an activating group) is 1. The lowest BCUT2D eigenvalue weighted by molar-refractivity contribution is -0.134. The molecule has 9 heteroatoms. The lowest BCUT2D eigenvalue weighted by atomic mass is 9.98. The monoisotopic (exact) mass is 405 g/mol. The molecule has 1 saturated carbocycles. The number of carbonyl (C=O) groups is 1. The largest absolute Gasteiger partial charge is 0.457 e. The maximum absolute atomic E-state index is 13.0. The van der Waals surface area contributed by atoms with Gasteiger partial charge in [0.2, 0.25) is 10.0 Å². The van der Waals surface area contributed by atoms with Crippen molar-refractivity contribution in [1.29, 1.82) is 0 Å². The molecule has 3 rings (SSSR count). The molecule has 1 aliphatic rings. The van der Waals surface area contributed by atoms with E-state index in [9.17, 15) is 13.2 Å². The van der Waals surface area contributed by atoms with Crippen LogP contribution in [0.5, 0.6) is 11.5 Å². The molecular weight excluding hydrogens is 382 g/mol. The van der Waals surface area contributed by atoms with Gasteiger partial charge in [0.1, 0.15) is 17.5 Å². The molecule has 1 heterocycles. The van der Waals surface area contributed by atoms with E-state index in [2.05, 4.69) is 4.98 Å². The number of amides is 1. The van der Waals surface area contributed by atoms with Gasteiger partial charge in [0.25, 0.3) is 5.91 Å². The second-order valence-corrected chi connectivity index (χ2v) is 8.74. The van der Waals surface area contributed by atoms with Crippen LogP contribution < -0.4 is 10.2 Å². The number of hydroxylamine groups is 1. The number of nitrogens with zero attached hydrogens (tertiary/aromatic N) is 2. The minimum absolute atomic E-state index is 0.0471. The van der Waals surface area contributed by atoms with Crippen molar-refractivity contribution in [2.24, 2.45) is 5.92 Å². The Morgan fingerprint density at radius 2 is 1.71 bits per heavy atom. The summed E-state index contributed by atoms with van der Waals surface area (Å²) >= 11 is 0. The summed E-state index contributed by atoms with van der Waals surface area (Å²) in [7, 11) is -2.55. The second kappa shape index (κ2) is 8.68. The molecule has 1 amide bonds. The highest BCUT2D eigenvalue weighted by Gasteiger charge is 2.39. The smallest absolute Gasteiger partial charge is 0.262 e. The summed E-state index contributed by atoms with van der Waals surface area (Å²) in [6.45, 7) is 0. The van der Waals surface area contributed by atoms with Crippen molar-refractivity contribution in [3.05, 3.63) is 48.8 Å². The summed E-state index contributed by atoms with van der Waals surface area (Å²) in [4.78, 5) is 16.1. The van der Waals surface area contributed by atoms with Gasteiger partial charge in [-0.2, -0.15) is 4.31 Å². The van der Waals surface area contributed by atoms with Crippen molar-refractivity contribution in [1.82, 2.24) is 14.8 Å². The number of benzene rings is 1. The molecule has 1 fully saturated rings. The molecule has 1 aromatic carbocycles. The zero-order chi connectivity index (χ0) is 20.1. The van der Waals surface area contributed by atoms with Crippen LogP contribution >= 0.6 is 0 Å². The Hall–Kier alpha value is -2.49. The molecule has 1 unspecified atom stereocenters. The topological polar surface area (TPSA) is 109 Å². The van der Waals surface area contributed by atoms with Crippen molar-refractivity contribution in [3.63, 3.8) is 0 Å². The van der Waals surface area contributed by atoms with Gasteiger partial charge in [-0.1, -0.05) is 12.8 Å². The van der Waals surface area contributed by atoms with Crippen LogP contribution in [0.15, 0.2) is 53.7 Å². The Kier molecular flexibility index (Phi) is 6.28. The molecule has 28 heavy (non-hydrogen) atoms. The first-order valence-electron chi connectivity index (χ1n) is 9.03. The molecule has 0 bridgehead atoms. The average molecular weight is 405 g/mol. The summed E-state index contributed by atoms with van der Waals surface area (Å²) in [5.41, 5.74) is 1.61. The van der Waals surface area contributed by atoms with E-state index in [0.29, 0.717) is 11.5 Å². The minimum Gasteiger partial charge on any atom is -0.457 e. The Morgan fingerprint density at radius 3 is 2.29 bits per heavy atom. The number of carbonyl (C=O) groups excluding carboxylic acids is 1. The third-order valence-electron chi connectivity index (χ3n) is 5.00. The lowest BCUT2D eigenvalue weighted by Gasteiger charge is -2.30. The normalized spacial score (nSPS) is 16.1. The minimum atomic E-state index is -3.92. The molecule has 1 aliphatic carbocycles. The van der Waals surface area contributed by atoms with Crippen molar-refractivity contribution < 1.29 is 23.2 Å². The molecule has 8 nitrogen and oxygen atoms in total. The van der Waals surface area contributed by atoms with Crippen LogP contribution in [0.2, 0.25) is 0 Å². The average Bonchev–Trinajstić information content (AvgIpc) is 3.23. The SMILES string of the molecule is CN(C(C(=O)NO)C1CCCC1)S(=O)(=O)c1ccc(Oc2ccncc2)cc1. The highest BCUT2D eigenvalue weighted by Crippen LogP contribution is 2.32. The summed E-state index contributed by atoms with van der Waals surface area (Å²) in [6.07, 6.45) is 6.56. The van der Waals surface area contributed by atoms with Crippen LogP contribution in [0.4, 0.5) is 0 Å². The Morgan fingerprint density at radius 1 is 1.14 bits per heavy atom. The van der Waals surface area contributed by atoms with Crippen LogP contribution in [-0.4, -0.2) is 41.9 Å². The first kappa shape index (κ1) is 20.2. The van der Waals surface area contributed by atoms with E-state index in [1.807, 2.05) is 0 Å². The predicted octanol–water partition coefficient (Wildman–Crippen LogP) is 2.56. The molecule has 2 aromatic rings. The first-order chi connectivity index (χ1) is 13.4. The third-order valence-corrected chi connectivity index (χ3v) is 6.86. The van der Waals surface area contributed by atoms with Crippen LogP contribution in [0.3, 0.4) is 0 Å². The van der Waals surface area contributed by atoms with Gasteiger partial charge in [-0.3, -0.25) is 15.0 Å². The number of hydrogen-bond donors (Lipinski definition) is 2. The number of rotatable bonds is 7. The van der Waals surface area contributed by atoms with Gasteiger partial charge in [0, 0.05) is 19.4 Å². The molecule has 1 atom stereocenters. The summed E-state index contributed by atoms with van der Waals surface area (Å²) < 4.78 is 32.8. The fourth-order valence-corrected chi connectivity index (χ4v) is 4.93. The van der Waals surface area contributed by atoms with E-state index in [-0.39, 0.29) is 10.8 Å². The lowest BCUT2D eigenvalue weighted by Crippen LogP contribution is -2.50. The van der Waals surface area contributed by atoms with Crippen LogP contribution in [-0.2, 0) is 14.8 Å². The number of hydrogen-bond acceptors (Lipinski definition) is 6. The molecule has 0 radical (unpaired) electrons. The van der Waals surface area contributed by atoms with Gasteiger partial charge in [-0.15, -0.1) is 0 Å². The molecule has 0 saturated heterocycles. The Bertz CT molecular complexity index is 897. The van der Waals surface area contributed by atoms with Crippen molar-refractivity contribution >= 4 is 15.9 Å². The van der Waals surface area contributed by atoms with Crippen LogP contribution in [0.1, 0.15) is 25.7 Å². The van der Waals surface area contributed by atoms with E-state index in [1.54, 1.807) is 42.1 Å². The molecule has 0 aliphatic heterocycles. The van der Waals surface area contributed by atoms with E-state index >= 15 is 0 Å². The fraction of sp³-hybridized carbons (Fsp3) is 0.368. The summed E-state index contributed by atoms with van der Waals surface area (Å²) in [5, 5.41) is 9.09. The van der Waals surface area contributed by atoms with Gasteiger partial charge >= 0.3 is 0 Å². The highest BCUT2D eigenvalue weighted by molar-refractivity contribution is 7.89. The van der Waals surface area contributed by atoms with Gasteiger partial charge in [-0.25, -0.2) is 13.9 Å². The summed E-state index contributed by atoms with van der Waals surface area (Å²) in [5.74, 6) is 0.230. The second-order valence-electron chi connectivity index (χ2n) is 6.74. The van der Waals surface area contributed by atoms with Crippen molar-refractivity contribution in [2.45, 2.75) is 36.6 Å². The Labute approximate surface area is 164 Å². The molecular formula is C19H23N3O5S. The van der Waals surface area contributed by atoms with Gasteiger partial charge in [0.05, 0.1) is 4.90 Å². The molecule has 1 aromatic heterocycles. The van der Waals surface area contributed by atoms with Crippen LogP contribution in [0.25, 0.3) is 0 Å². The Balaban J connectivity index is 1.81. The number of nitrogens with one attached hydrogen (secondary N) is 1. The molecule has 2 N–H and O–H groups in total. The fourth-order valence-electron chi connectivity index (χ4n) is 3.55. The number of sulfonamides is 1. The summed E-state index contributed by atoms with van der Waals surface area (Å²) in [6, 6.07) is 8.41. The van der Waals surface area contributed by atoms with E-state index in [1.165, 1.54) is 19.2 Å². The van der Waals surface area contributed by atoms with Gasteiger partial charge in [0.15, 0.2) is 0 Å². The maximum atomic E-state index is 13.0. The zero-order valence-corrected chi connectivity index (χ0v) is 16.3. The van der Waals surface area contributed by atoms with Crippen molar-refractivity contribution in [3.8, 4) is 11.5 Å². The van der Waals surface area contributed by atoms with Gasteiger partial charge in [-0.05, 0) is 55.2 Å². The van der Waals surface area contributed by atoms with Gasteiger partial charge < -0.3 is 4.74 Å². The molecule has 150 valence electrons. The number of aromatic nitrogens is 1.